The molecule has 37 heavy (non-hydrogen) atoms. The van der Waals surface area contributed by atoms with E-state index in [-0.39, 0.29) is 29.7 Å². The largest absolute Gasteiger partial charge is 0.508 e. The lowest BCUT2D eigenvalue weighted by molar-refractivity contribution is -0.153. The van der Waals surface area contributed by atoms with E-state index in [1.54, 1.807) is 14.1 Å². The molecule has 0 spiro atoms. The number of benzene rings is 1. The Morgan fingerprint density at radius 2 is 1.81 bits per heavy atom. The van der Waals surface area contributed by atoms with E-state index in [4.69, 9.17) is 10.5 Å². The molecule has 1 aliphatic heterocycles. The minimum Gasteiger partial charge on any atom is -0.508 e. The number of hydrogen-bond donors (Lipinski definition) is 5. The van der Waals surface area contributed by atoms with Gasteiger partial charge < -0.3 is 30.9 Å². The molecule has 11 heteroatoms. The van der Waals surface area contributed by atoms with E-state index in [1.807, 2.05) is 6.92 Å². The molecule has 4 atom stereocenters. The van der Waals surface area contributed by atoms with Gasteiger partial charge in [-0.15, -0.1) is 0 Å². The van der Waals surface area contributed by atoms with Gasteiger partial charge in [0.15, 0.2) is 11.4 Å². The number of fused-ring (bicyclic) bond motifs is 4. The first-order chi connectivity index (χ1) is 17.4. The maximum Gasteiger partial charge on any atom is 0.255 e. The van der Waals surface area contributed by atoms with Crippen molar-refractivity contribution in [2.24, 2.45) is 17.6 Å². The molecule has 1 fully saturated rings. The number of hydrogen-bond acceptors (Lipinski definition) is 10. The van der Waals surface area contributed by atoms with Gasteiger partial charge in [-0.2, -0.15) is 0 Å². The molecule has 6 N–H and O–H groups in total. The Morgan fingerprint density at radius 3 is 2.38 bits per heavy atom. The van der Waals surface area contributed by atoms with E-state index in [9.17, 15) is 34.8 Å². The molecule has 0 saturated heterocycles. The molecular weight excluding hydrogens is 482 g/mol. The number of phenols is 1. The minimum absolute atomic E-state index is 0.0356. The number of ether oxygens (including phenoxy) is 1. The second kappa shape index (κ2) is 8.30. The minimum atomic E-state index is -2.65. The number of nitrogens with two attached hydrogens (primary N) is 1. The van der Waals surface area contributed by atoms with Gasteiger partial charge in [-0.3, -0.25) is 24.2 Å². The van der Waals surface area contributed by atoms with Crippen LogP contribution in [-0.2, 0) is 33.9 Å². The van der Waals surface area contributed by atoms with Gasteiger partial charge in [-0.25, -0.2) is 0 Å². The lowest BCUT2D eigenvalue weighted by Crippen LogP contribution is -2.65. The fraction of sp³-hybridized carbons (Fsp3) is 0.500. The molecule has 3 aliphatic carbocycles. The SMILES string of the molecule is CCN1Cc2c(O)c3c(c(OC)c2C1)C[C@H]1C[C@H]2[C@H](N(C)C)C(=O)C(C(N)=O)=C(O)[C@@]2(O)C(=O)C1=C3O. The van der Waals surface area contributed by atoms with Crippen LogP contribution < -0.4 is 10.5 Å². The van der Waals surface area contributed by atoms with Crippen molar-refractivity contribution < 1.29 is 39.5 Å². The van der Waals surface area contributed by atoms with Gasteiger partial charge in [0.05, 0.1) is 18.7 Å². The van der Waals surface area contributed by atoms with Gasteiger partial charge in [0.2, 0.25) is 5.78 Å². The molecule has 198 valence electrons. The van der Waals surface area contributed by atoms with Crippen molar-refractivity contribution in [1.29, 1.82) is 0 Å². The zero-order valence-electron chi connectivity index (χ0n) is 21.2. The average molecular weight is 514 g/mol. The lowest BCUT2D eigenvalue weighted by Gasteiger charge is -2.50. The number of amides is 1. The second-order valence-electron chi connectivity index (χ2n) is 10.5. The van der Waals surface area contributed by atoms with E-state index in [2.05, 4.69) is 4.90 Å². The highest BCUT2D eigenvalue weighted by Crippen LogP contribution is 2.55. The van der Waals surface area contributed by atoms with Crippen molar-refractivity contribution in [2.75, 3.05) is 27.7 Å². The lowest BCUT2D eigenvalue weighted by atomic mass is 9.57. The fourth-order valence-electron chi connectivity index (χ4n) is 6.76. The summed E-state index contributed by atoms with van der Waals surface area (Å²) < 4.78 is 5.75. The van der Waals surface area contributed by atoms with Gasteiger partial charge in [-0.05, 0) is 39.4 Å². The summed E-state index contributed by atoms with van der Waals surface area (Å²) in [7, 11) is 4.65. The summed E-state index contributed by atoms with van der Waals surface area (Å²) in [5.41, 5.74) is 3.72. The molecule has 0 radical (unpaired) electrons. The molecule has 4 aliphatic rings. The standard InChI is InChI=1S/C26H31N3O8/c1-5-29-8-12-13(9-29)22(37-4)11-6-10-7-14-18(28(2)3)21(32)17(25(27)35)24(34)26(14,36)23(33)15(10)20(31)16(11)19(12)30/h10,14,18,30-31,34,36H,5-9H2,1-4H3,(H2,27,35)/t10-,14-,18-,26-/m0/s1. The van der Waals surface area contributed by atoms with Crippen molar-refractivity contribution in [3.05, 3.63) is 39.2 Å². The van der Waals surface area contributed by atoms with Gasteiger partial charge in [-0.1, -0.05) is 6.92 Å². The van der Waals surface area contributed by atoms with Crippen molar-refractivity contribution in [3.63, 3.8) is 0 Å². The fourth-order valence-corrected chi connectivity index (χ4v) is 6.76. The van der Waals surface area contributed by atoms with Crippen molar-refractivity contribution >= 4 is 23.2 Å². The zero-order valence-corrected chi connectivity index (χ0v) is 21.2. The van der Waals surface area contributed by atoms with Gasteiger partial charge >= 0.3 is 0 Å². The number of ketones is 2. The highest BCUT2D eigenvalue weighted by atomic mass is 16.5. The number of Topliss-reactive ketones (excluding diaryl/α,β-unsaturated/α-hetero) is 2. The molecule has 11 nitrogen and oxygen atoms in total. The molecule has 1 aromatic carbocycles. The molecule has 0 unspecified atom stereocenters. The number of methoxy groups -OCH3 is 1. The van der Waals surface area contributed by atoms with Crippen molar-refractivity contribution in [3.8, 4) is 11.5 Å². The summed E-state index contributed by atoms with van der Waals surface area (Å²) in [5, 5.41) is 45.3. The molecule has 1 saturated carbocycles. The van der Waals surface area contributed by atoms with Crippen LogP contribution in [0.25, 0.3) is 5.76 Å². The van der Waals surface area contributed by atoms with Crippen LogP contribution in [-0.4, -0.2) is 87.1 Å². The van der Waals surface area contributed by atoms with E-state index < -0.39 is 58.0 Å². The normalized spacial score (nSPS) is 29.3. The zero-order chi connectivity index (χ0) is 27.1. The van der Waals surface area contributed by atoms with Crippen LogP contribution in [0.5, 0.6) is 11.5 Å². The number of phenolic OH excluding ortho intramolecular Hbond substituents is 1. The van der Waals surface area contributed by atoms with E-state index in [1.165, 1.54) is 12.0 Å². The number of primary amides is 1. The third-order valence-electron chi connectivity index (χ3n) is 8.46. The van der Waals surface area contributed by atoms with Crippen LogP contribution in [0.2, 0.25) is 0 Å². The molecule has 0 aromatic heterocycles. The van der Waals surface area contributed by atoms with Crippen LogP contribution in [0.3, 0.4) is 0 Å². The summed E-state index contributed by atoms with van der Waals surface area (Å²) in [6.45, 7) is 3.72. The topological polar surface area (TPSA) is 174 Å². The van der Waals surface area contributed by atoms with Crippen LogP contribution in [0, 0.1) is 11.8 Å². The van der Waals surface area contributed by atoms with E-state index in [0.29, 0.717) is 30.0 Å². The Balaban J connectivity index is 1.75. The van der Waals surface area contributed by atoms with Gasteiger partial charge in [0.1, 0.15) is 28.6 Å². The Labute approximate surface area is 213 Å². The average Bonchev–Trinajstić information content (AvgIpc) is 3.26. The third-order valence-corrected chi connectivity index (χ3v) is 8.46. The number of rotatable bonds is 4. The predicted molar refractivity (Wildman–Crippen MR) is 131 cm³/mol. The summed E-state index contributed by atoms with van der Waals surface area (Å²) in [4.78, 5) is 42.8. The smallest absolute Gasteiger partial charge is 0.255 e. The maximum absolute atomic E-state index is 13.9. The highest BCUT2D eigenvalue weighted by molar-refractivity contribution is 6.24. The first-order valence-corrected chi connectivity index (χ1v) is 12.2. The monoisotopic (exact) mass is 513 g/mol. The maximum atomic E-state index is 13.9. The third kappa shape index (κ3) is 3.14. The summed E-state index contributed by atoms with van der Waals surface area (Å²) in [6.07, 6.45) is 0.235. The van der Waals surface area contributed by atoms with Crippen molar-refractivity contribution in [2.45, 2.75) is 44.5 Å². The molecule has 1 aromatic rings. The Hall–Kier alpha value is -3.41. The Bertz CT molecular complexity index is 1330. The summed E-state index contributed by atoms with van der Waals surface area (Å²) >= 11 is 0. The van der Waals surface area contributed by atoms with Crippen LogP contribution in [0.4, 0.5) is 0 Å². The van der Waals surface area contributed by atoms with Crippen LogP contribution >= 0.6 is 0 Å². The number of aliphatic hydroxyl groups excluding tert-OH is 2. The molecule has 0 bridgehead atoms. The van der Waals surface area contributed by atoms with Crippen LogP contribution in [0.1, 0.15) is 35.6 Å². The van der Waals surface area contributed by atoms with Crippen LogP contribution in [0.15, 0.2) is 16.9 Å². The van der Waals surface area contributed by atoms with E-state index in [0.717, 1.165) is 12.1 Å². The summed E-state index contributed by atoms with van der Waals surface area (Å²) in [5.74, 6) is -6.06. The summed E-state index contributed by atoms with van der Waals surface area (Å²) in [6, 6.07) is -1.12. The number of aromatic hydroxyl groups is 1. The second-order valence-corrected chi connectivity index (χ2v) is 10.5. The van der Waals surface area contributed by atoms with Crippen molar-refractivity contribution in [1.82, 2.24) is 9.80 Å². The highest BCUT2D eigenvalue weighted by Gasteiger charge is 2.64. The van der Waals surface area contributed by atoms with E-state index >= 15 is 0 Å². The number of carbonyl (C=O) groups is 3. The Morgan fingerprint density at radius 1 is 1.16 bits per heavy atom. The quantitative estimate of drug-likeness (QED) is 0.353. The predicted octanol–water partition coefficient (Wildman–Crippen LogP) is 0.308. The number of aliphatic hydroxyl groups is 3. The molecular formula is C26H31N3O8. The van der Waals surface area contributed by atoms with Gasteiger partial charge in [0.25, 0.3) is 5.91 Å². The molecule has 5 rings (SSSR count). The number of carbonyl (C=O) groups excluding carboxylic acids is 3. The number of likely N-dealkylation sites (N-methyl/N-ethyl adjacent to an activating group) is 1. The first kappa shape index (κ1) is 25.2. The Kier molecular flexibility index (Phi) is 5.67. The molecule has 1 heterocycles. The van der Waals surface area contributed by atoms with Gasteiger partial charge in [0, 0.05) is 41.3 Å². The number of nitrogens with zero attached hydrogens (tertiary/aromatic N) is 2. The first-order valence-electron chi connectivity index (χ1n) is 12.2. The molecule has 1 amide bonds.